The van der Waals surface area contributed by atoms with Crippen LogP contribution in [0.25, 0.3) is 0 Å². The summed E-state index contributed by atoms with van der Waals surface area (Å²) < 4.78 is 5.45. The van der Waals surface area contributed by atoms with Crippen LogP contribution in [-0.4, -0.2) is 61.1 Å². The lowest BCUT2D eigenvalue weighted by molar-refractivity contribution is 0.0195. The number of carbonyl (C=O) groups is 2. The molecule has 0 aliphatic carbocycles. The van der Waals surface area contributed by atoms with Gasteiger partial charge in [-0.1, -0.05) is 12.1 Å². The second-order valence-corrected chi connectivity index (χ2v) is 7.25. The number of hydrogen-bond donors (Lipinski definition) is 1. The molecule has 0 saturated carbocycles. The standard InChI is InChI=1S/C18H27N3O3/c1-18(2,3)24-17(23)21-11-10-19-15(12-21)13-6-8-14(9-7-13)16(22)20(4)5/h6-9,15,19H,10-12H2,1-5H3. The van der Waals surface area contributed by atoms with Crippen molar-refractivity contribution in [2.24, 2.45) is 0 Å². The summed E-state index contributed by atoms with van der Waals surface area (Å²) in [5, 5.41) is 3.41. The summed E-state index contributed by atoms with van der Waals surface area (Å²) in [6.45, 7) is 7.49. The van der Waals surface area contributed by atoms with Crippen LogP contribution in [0.5, 0.6) is 0 Å². The van der Waals surface area contributed by atoms with E-state index in [0.29, 0.717) is 25.2 Å². The van der Waals surface area contributed by atoms with Crippen LogP contribution in [0.15, 0.2) is 24.3 Å². The minimum Gasteiger partial charge on any atom is -0.444 e. The van der Waals surface area contributed by atoms with Gasteiger partial charge in [0.25, 0.3) is 5.91 Å². The van der Waals surface area contributed by atoms with Gasteiger partial charge in [-0.15, -0.1) is 0 Å². The largest absolute Gasteiger partial charge is 0.444 e. The number of benzene rings is 1. The molecule has 1 aliphatic rings. The molecule has 1 saturated heterocycles. The topological polar surface area (TPSA) is 61.9 Å². The predicted molar refractivity (Wildman–Crippen MR) is 93.0 cm³/mol. The summed E-state index contributed by atoms with van der Waals surface area (Å²) in [6.07, 6.45) is -0.284. The van der Waals surface area contributed by atoms with E-state index < -0.39 is 5.60 Å². The molecule has 1 N–H and O–H groups in total. The van der Waals surface area contributed by atoms with Crippen molar-refractivity contribution in [2.45, 2.75) is 32.4 Å². The third-order valence-corrected chi connectivity index (χ3v) is 3.79. The lowest BCUT2D eigenvalue weighted by Gasteiger charge is -2.35. The first-order valence-corrected chi connectivity index (χ1v) is 8.20. The van der Waals surface area contributed by atoms with Crippen LogP contribution < -0.4 is 5.32 Å². The maximum atomic E-state index is 12.2. The Balaban J connectivity index is 2.04. The molecule has 1 aliphatic heterocycles. The summed E-state index contributed by atoms with van der Waals surface area (Å²) >= 11 is 0. The average Bonchev–Trinajstić information content (AvgIpc) is 2.53. The highest BCUT2D eigenvalue weighted by molar-refractivity contribution is 5.93. The Kier molecular flexibility index (Phi) is 5.49. The third kappa shape index (κ3) is 4.71. The molecule has 0 radical (unpaired) electrons. The molecule has 1 atom stereocenters. The summed E-state index contributed by atoms with van der Waals surface area (Å²) in [6, 6.07) is 7.56. The number of nitrogens with zero attached hydrogens (tertiary/aromatic N) is 2. The van der Waals surface area contributed by atoms with Gasteiger partial charge in [0.2, 0.25) is 0 Å². The fraction of sp³-hybridized carbons (Fsp3) is 0.556. The molecule has 0 aromatic heterocycles. The van der Waals surface area contributed by atoms with Crippen LogP contribution in [-0.2, 0) is 4.74 Å². The van der Waals surface area contributed by atoms with Gasteiger partial charge in [0, 0.05) is 39.3 Å². The molecule has 1 heterocycles. The van der Waals surface area contributed by atoms with Crippen LogP contribution in [0.2, 0.25) is 0 Å². The Morgan fingerprint density at radius 1 is 1.21 bits per heavy atom. The highest BCUT2D eigenvalue weighted by Crippen LogP contribution is 2.20. The second-order valence-electron chi connectivity index (χ2n) is 7.25. The van der Waals surface area contributed by atoms with Crippen LogP contribution in [0, 0.1) is 0 Å². The van der Waals surface area contributed by atoms with Crippen molar-refractivity contribution in [2.75, 3.05) is 33.7 Å². The van der Waals surface area contributed by atoms with E-state index >= 15 is 0 Å². The molecular formula is C18H27N3O3. The van der Waals surface area contributed by atoms with Crippen LogP contribution in [0.4, 0.5) is 4.79 Å². The molecule has 2 amide bonds. The number of carbonyl (C=O) groups excluding carboxylic acids is 2. The molecule has 132 valence electrons. The van der Waals surface area contributed by atoms with Gasteiger partial charge in [-0.05, 0) is 38.5 Å². The van der Waals surface area contributed by atoms with Crippen molar-refractivity contribution in [3.8, 4) is 0 Å². The number of nitrogens with one attached hydrogen (secondary N) is 1. The van der Waals surface area contributed by atoms with Crippen molar-refractivity contribution in [3.63, 3.8) is 0 Å². The Morgan fingerprint density at radius 2 is 1.83 bits per heavy atom. The first-order chi connectivity index (χ1) is 11.2. The fourth-order valence-corrected chi connectivity index (χ4v) is 2.58. The highest BCUT2D eigenvalue weighted by Gasteiger charge is 2.28. The summed E-state index contributed by atoms with van der Waals surface area (Å²) in [4.78, 5) is 27.5. The molecule has 0 bridgehead atoms. The molecule has 1 unspecified atom stereocenters. The maximum Gasteiger partial charge on any atom is 0.410 e. The SMILES string of the molecule is CN(C)C(=O)c1ccc(C2CN(C(=O)OC(C)(C)C)CCN2)cc1. The molecule has 6 nitrogen and oxygen atoms in total. The number of hydrogen-bond acceptors (Lipinski definition) is 4. The van der Waals surface area contributed by atoms with E-state index in [0.717, 1.165) is 5.56 Å². The minimum atomic E-state index is -0.494. The number of rotatable bonds is 2. The molecule has 0 spiro atoms. The predicted octanol–water partition coefficient (Wildman–Crippen LogP) is 2.27. The van der Waals surface area contributed by atoms with Gasteiger partial charge in [0.15, 0.2) is 0 Å². The lowest BCUT2D eigenvalue weighted by atomic mass is 10.0. The van der Waals surface area contributed by atoms with Crippen molar-refractivity contribution in [1.29, 1.82) is 0 Å². The minimum absolute atomic E-state index is 0.0199. The molecule has 2 rings (SSSR count). The monoisotopic (exact) mass is 333 g/mol. The zero-order valence-electron chi connectivity index (χ0n) is 15.1. The quantitative estimate of drug-likeness (QED) is 0.902. The first kappa shape index (κ1) is 18.3. The summed E-state index contributed by atoms with van der Waals surface area (Å²) in [5.41, 5.74) is 1.22. The van der Waals surface area contributed by atoms with Gasteiger partial charge in [-0.3, -0.25) is 4.79 Å². The highest BCUT2D eigenvalue weighted by atomic mass is 16.6. The number of piperazine rings is 1. The van der Waals surface area contributed by atoms with Crippen molar-refractivity contribution in [1.82, 2.24) is 15.1 Å². The first-order valence-electron chi connectivity index (χ1n) is 8.20. The van der Waals surface area contributed by atoms with Crippen molar-refractivity contribution < 1.29 is 14.3 Å². The molecule has 1 aromatic rings. The lowest BCUT2D eigenvalue weighted by Crippen LogP contribution is -2.49. The smallest absolute Gasteiger partial charge is 0.410 e. The number of ether oxygens (including phenoxy) is 1. The van der Waals surface area contributed by atoms with Crippen LogP contribution in [0.3, 0.4) is 0 Å². The maximum absolute atomic E-state index is 12.2. The van der Waals surface area contributed by atoms with Crippen molar-refractivity contribution in [3.05, 3.63) is 35.4 Å². The van der Waals surface area contributed by atoms with Gasteiger partial charge in [-0.25, -0.2) is 4.79 Å². The van der Waals surface area contributed by atoms with E-state index in [1.165, 1.54) is 0 Å². The molecule has 6 heteroatoms. The third-order valence-electron chi connectivity index (χ3n) is 3.79. The Morgan fingerprint density at radius 3 is 2.38 bits per heavy atom. The van der Waals surface area contributed by atoms with Crippen LogP contribution in [0.1, 0.15) is 42.7 Å². The summed E-state index contributed by atoms with van der Waals surface area (Å²) in [5.74, 6) is -0.0199. The molecule has 1 aromatic carbocycles. The van der Waals surface area contributed by atoms with E-state index in [9.17, 15) is 9.59 Å². The van der Waals surface area contributed by atoms with Gasteiger partial charge < -0.3 is 19.9 Å². The van der Waals surface area contributed by atoms with Crippen molar-refractivity contribution >= 4 is 12.0 Å². The van der Waals surface area contributed by atoms with E-state index in [-0.39, 0.29) is 18.0 Å². The van der Waals surface area contributed by atoms with E-state index in [4.69, 9.17) is 4.74 Å². The molecule has 1 fully saturated rings. The van der Waals surface area contributed by atoms with Gasteiger partial charge in [-0.2, -0.15) is 0 Å². The van der Waals surface area contributed by atoms with Gasteiger partial charge >= 0.3 is 6.09 Å². The van der Waals surface area contributed by atoms with E-state index in [2.05, 4.69) is 5.32 Å². The van der Waals surface area contributed by atoms with Gasteiger partial charge in [0.1, 0.15) is 5.60 Å². The zero-order chi connectivity index (χ0) is 17.9. The molecular weight excluding hydrogens is 306 g/mol. The Hall–Kier alpha value is -2.08. The van der Waals surface area contributed by atoms with E-state index in [1.807, 2.05) is 45.0 Å². The average molecular weight is 333 g/mol. The Bertz CT molecular complexity index is 591. The zero-order valence-corrected chi connectivity index (χ0v) is 15.1. The molecule has 24 heavy (non-hydrogen) atoms. The van der Waals surface area contributed by atoms with Gasteiger partial charge in [0.05, 0.1) is 6.04 Å². The van der Waals surface area contributed by atoms with Crippen LogP contribution >= 0.6 is 0 Å². The van der Waals surface area contributed by atoms with E-state index in [1.54, 1.807) is 23.9 Å². The normalized spacial score (nSPS) is 18.2. The summed E-state index contributed by atoms with van der Waals surface area (Å²) in [7, 11) is 3.47. The fourth-order valence-electron chi connectivity index (χ4n) is 2.58. The Labute approximate surface area is 143 Å². The number of amides is 2. The second kappa shape index (κ2) is 7.21.